The maximum atomic E-state index is 12.9. The number of carbonyl (C=O) groups is 1. The van der Waals surface area contributed by atoms with Gasteiger partial charge in [0.15, 0.2) is 0 Å². The predicted molar refractivity (Wildman–Crippen MR) is 118 cm³/mol. The summed E-state index contributed by atoms with van der Waals surface area (Å²) < 4.78 is 63.9. The number of sulfonamides is 1. The van der Waals surface area contributed by atoms with E-state index in [0.29, 0.717) is 24.1 Å². The monoisotopic (exact) mass is 468 g/mol. The van der Waals surface area contributed by atoms with Gasteiger partial charge < -0.3 is 5.32 Å². The zero-order valence-electron chi connectivity index (χ0n) is 18.4. The molecule has 2 aromatic rings. The van der Waals surface area contributed by atoms with Crippen molar-refractivity contribution >= 4 is 21.6 Å². The number of hydrogen-bond donors (Lipinski definition) is 2. The Morgan fingerprint density at radius 1 is 1.19 bits per heavy atom. The Morgan fingerprint density at radius 3 is 2.31 bits per heavy atom. The summed E-state index contributed by atoms with van der Waals surface area (Å²) in [7, 11) is -3.39. The fourth-order valence-corrected chi connectivity index (χ4v) is 4.65. The van der Waals surface area contributed by atoms with E-state index < -0.39 is 27.2 Å². The lowest BCUT2D eigenvalue weighted by Gasteiger charge is -2.20. The molecule has 174 valence electrons. The third-order valence-corrected chi connectivity index (χ3v) is 6.69. The average Bonchev–Trinajstić information content (AvgIpc) is 3.39. The molecule has 32 heavy (non-hydrogen) atoms. The molecule has 2 aromatic carbocycles. The van der Waals surface area contributed by atoms with Crippen molar-refractivity contribution in [3.63, 3.8) is 0 Å². The van der Waals surface area contributed by atoms with Crippen molar-refractivity contribution in [2.24, 2.45) is 5.92 Å². The van der Waals surface area contributed by atoms with Gasteiger partial charge >= 0.3 is 6.18 Å². The second-order valence-corrected chi connectivity index (χ2v) is 10.4. The highest BCUT2D eigenvalue weighted by molar-refractivity contribution is 7.92. The Balaban J connectivity index is 1.70. The van der Waals surface area contributed by atoms with Gasteiger partial charge in [-0.3, -0.25) is 9.52 Å². The SMILES string of the molecule is CC[C@@H](NC(=O)[C@H]1C[C@]1(C)c1ccc(C(F)(F)F)cc1)c1ccc(NS(C)(=O)=O)c(C)c1. The first-order chi connectivity index (χ1) is 14.7. The number of rotatable bonds is 7. The Hall–Kier alpha value is -2.55. The van der Waals surface area contributed by atoms with Crippen LogP contribution in [0, 0.1) is 12.8 Å². The van der Waals surface area contributed by atoms with Crippen LogP contribution in [0.15, 0.2) is 42.5 Å². The average molecular weight is 469 g/mol. The van der Waals surface area contributed by atoms with E-state index in [1.807, 2.05) is 19.9 Å². The van der Waals surface area contributed by atoms with Gasteiger partial charge in [-0.05, 0) is 54.7 Å². The van der Waals surface area contributed by atoms with Crippen LogP contribution >= 0.6 is 0 Å². The largest absolute Gasteiger partial charge is 0.416 e. The number of aryl methyl sites for hydroxylation is 1. The van der Waals surface area contributed by atoms with Crippen molar-refractivity contribution in [3.8, 4) is 0 Å². The van der Waals surface area contributed by atoms with Crippen LogP contribution in [-0.2, 0) is 26.4 Å². The molecule has 3 atom stereocenters. The van der Waals surface area contributed by atoms with Crippen molar-refractivity contribution in [1.29, 1.82) is 0 Å². The molecule has 3 rings (SSSR count). The summed E-state index contributed by atoms with van der Waals surface area (Å²) in [5, 5.41) is 3.04. The standard InChI is InChI=1S/C23H27F3N2O3S/c1-5-19(15-6-11-20(14(2)12-15)28-32(4,30)31)27-21(29)18-13-22(18,3)16-7-9-17(10-8-16)23(24,25)26/h6-12,18-19,28H,5,13H2,1-4H3,(H,27,29)/t18-,19-,22-/m1/s1. The fourth-order valence-electron chi connectivity index (χ4n) is 4.02. The zero-order chi connectivity index (χ0) is 23.9. The Kier molecular flexibility index (Phi) is 6.34. The van der Waals surface area contributed by atoms with Crippen molar-refractivity contribution < 1.29 is 26.4 Å². The first-order valence-corrected chi connectivity index (χ1v) is 12.2. The first kappa shape index (κ1) is 24.1. The van der Waals surface area contributed by atoms with Crippen LogP contribution in [0.1, 0.15) is 55.0 Å². The number of hydrogen-bond acceptors (Lipinski definition) is 3. The Morgan fingerprint density at radius 2 is 1.81 bits per heavy atom. The van der Waals surface area contributed by atoms with E-state index in [0.717, 1.165) is 29.5 Å². The lowest BCUT2D eigenvalue weighted by molar-refractivity contribution is -0.137. The van der Waals surface area contributed by atoms with Gasteiger partial charge in [-0.1, -0.05) is 38.1 Å². The van der Waals surface area contributed by atoms with E-state index in [1.54, 1.807) is 19.1 Å². The van der Waals surface area contributed by atoms with Gasteiger partial charge in [-0.25, -0.2) is 8.42 Å². The minimum Gasteiger partial charge on any atom is -0.349 e. The molecule has 5 nitrogen and oxygen atoms in total. The van der Waals surface area contributed by atoms with E-state index in [2.05, 4.69) is 10.0 Å². The molecule has 0 bridgehead atoms. The molecule has 1 fully saturated rings. The van der Waals surface area contributed by atoms with E-state index in [4.69, 9.17) is 0 Å². The summed E-state index contributed by atoms with van der Waals surface area (Å²) in [6.45, 7) is 5.61. The molecule has 1 aliphatic carbocycles. The van der Waals surface area contributed by atoms with Crippen LogP contribution in [0.4, 0.5) is 18.9 Å². The molecule has 1 aliphatic rings. The molecule has 0 aliphatic heterocycles. The van der Waals surface area contributed by atoms with E-state index in [-0.39, 0.29) is 17.9 Å². The van der Waals surface area contributed by atoms with Gasteiger partial charge in [-0.15, -0.1) is 0 Å². The highest BCUT2D eigenvalue weighted by Gasteiger charge is 2.55. The lowest BCUT2D eigenvalue weighted by Crippen LogP contribution is -2.31. The second kappa shape index (κ2) is 8.42. The van der Waals surface area contributed by atoms with Crippen LogP contribution < -0.4 is 10.0 Å². The second-order valence-electron chi connectivity index (χ2n) is 8.67. The van der Waals surface area contributed by atoms with Gasteiger partial charge in [0, 0.05) is 11.3 Å². The van der Waals surface area contributed by atoms with E-state index in [9.17, 15) is 26.4 Å². The molecule has 0 spiro atoms. The summed E-state index contributed by atoms with van der Waals surface area (Å²) in [5.41, 5.74) is 1.59. The van der Waals surface area contributed by atoms with Crippen molar-refractivity contribution in [1.82, 2.24) is 5.32 Å². The molecule has 0 heterocycles. The Bertz CT molecular complexity index is 1110. The number of alkyl halides is 3. The quantitative estimate of drug-likeness (QED) is 0.605. The Labute approximate surface area is 186 Å². The van der Waals surface area contributed by atoms with Crippen LogP contribution in [-0.4, -0.2) is 20.6 Å². The van der Waals surface area contributed by atoms with Gasteiger partial charge in [0.25, 0.3) is 0 Å². The van der Waals surface area contributed by atoms with Gasteiger partial charge in [-0.2, -0.15) is 13.2 Å². The van der Waals surface area contributed by atoms with E-state index in [1.165, 1.54) is 12.1 Å². The summed E-state index contributed by atoms with van der Waals surface area (Å²) in [4.78, 5) is 12.9. The zero-order valence-corrected chi connectivity index (χ0v) is 19.2. The first-order valence-electron chi connectivity index (χ1n) is 10.3. The van der Waals surface area contributed by atoms with Crippen LogP contribution in [0.2, 0.25) is 0 Å². The van der Waals surface area contributed by atoms with Crippen molar-refractivity contribution in [3.05, 3.63) is 64.7 Å². The molecule has 9 heteroatoms. The predicted octanol–water partition coefficient (Wildman–Crippen LogP) is 4.93. The maximum absolute atomic E-state index is 12.9. The van der Waals surface area contributed by atoms with Gasteiger partial charge in [0.2, 0.25) is 15.9 Å². The summed E-state index contributed by atoms with van der Waals surface area (Å²) >= 11 is 0. The van der Waals surface area contributed by atoms with Crippen LogP contribution in [0.3, 0.4) is 0 Å². The number of anilines is 1. The molecular weight excluding hydrogens is 441 g/mol. The molecule has 0 saturated heterocycles. The van der Waals surface area contributed by atoms with E-state index >= 15 is 0 Å². The minimum absolute atomic E-state index is 0.143. The van der Waals surface area contributed by atoms with Crippen LogP contribution in [0.5, 0.6) is 0 Å². The number of nitrogens with one attached hydrogen (secondary N) is 2. The summed E-state index contributed by atoms with van der Waals surface area (Å²) in [5.74, 6) is -0.462. The number of benzene rings is 2. The third kappa shape index (κ3) is 5.26. The molecule has 2 N–H and O–H groups in total. The molecule has 0 radical (unpaired) electrons. The molecular formula is C23H27F3N2O3S. The van der Waals surface area contributed by atoms with Crippen molar-refractivity contribution in [2.45, 2.75) is 51.2 Å². The molecule has 1 amide bonds. The number of amides is 1. The topological polar surface area (TPSA) is 75.3 Å². The van der Waals surface area contributed by atoms with Gasteiger partial charge in [0.05, 0.1) is 23.5 Å². The highest BCUT2D eigenvalue weighted by Crippen LogP contribution is 2.54. The third-order valence-electron chi connectivity index (χ3n) is 6.10. The molecule has 0 aromatic heterocycles. The number of carbonyl (C=O) groups excluding carboxylic acids is 1. The number of halogens is 3. The lowest BCUT2D eigenvalue weighted by atomic mass is 9.94. The normalized spacial score (nSPS) is 21.7. The smallest absolute Gasteiger partial charge is 0.349 e. The molecule has 1 saturated carbocycles. The minimum atomic E-state index is -4.39. The van der Waals surface area contributed by atoms with Crippen LogP contribution in [0.25, 0.3) is 0 Å². The van der Waals surface area contributed by atoms with Crippen molar-refractivity contribution in [2.75, 3.05) is 11.0 Å². The maximum Gasteiger partial charge on any atom is 0.416 e. The molecule has 0 unspecified atom stereocenters. The summed E-state index contributed by atoms with van der Waals surface area (Å²) in [6, 6.07) is 10.0. The fraction of sp³-hybridized carbons (Fsp3) is 0.435. The highest BCUT2D eigenvalue weighted by atomic mass is 32.2. The van der Waals surface area contributed by atoms with Gasteiger partial charge in [0.1, 0.15) is 0 Å². The summed E-state index contributed by atoms with van der Waals surface area (Å²) in [6.07, 6.45) is -2.11.